The highest BCUT2D eigenvalue weighted by Gasteiger charge is 2.25. The van der Waals surface area contributed by atoms with Gasteiger partial charge in [0.05, 0.1) is 0 Å². The predicted octanol–water partition coefficient (Wildman–Crippen LogP) is 3.37. The van der Waals surface area contributed by atoms with Crippen molar-refractivity contribution in [3.63, 3.8) is 0 Å². The molecule has 1 aromatic heterocycles. The second-order valence-electron chi connectivity index (χ2n) is 5.52. The van der Waals surface area contributed by atoms with Gasteiger partial charge in [-0.2, -0.15) is 0 Å². The van der Waals surface area contributed by atoms with Crippen LogP contribution in [0.25, 0.3) is 0 Å². The minimum Gasteiger partial charge on any atom is -0.341 e. The number of H-pyrrole nitrogens is 1. The smallest absolute Gasteiger partial charge is 0.225 e. The largest absolute Gasteiger partial charge is 0.341 e. The van der Waals surface area contributed by atoms with E-state index in [0.717, 1.165) is 29.6 Å². The van der Waals surface area contributed by atoms with Crippen LogP contribution < -0.4 is 4.90 Å². The summed E-state index contributed by atoms with van der Waals surface area (Å²) < 4.78 is 2.86. The minimum atomic E-state index is 0.606. The lowest BCUT2D eigenvalue weighted by molar-refractivity contribution is 0.333. The van der Waals surface area contributed by atoms with Gasteiger partial charge in [-0.15, -0.1) is 5.10 Å². The molecule has 1 fully saturated rings. The van der Waals surface area contributed by atoms with Crippen molar-refractivity contribution in [3.05, 3.63) is 4.77 Å². The maximum atomic E-state index is 5.30. The van der Waals surface area contributed by atoms with E-state index in [1.807, 2.05) is 0 Å². The first-order valence-electron chi connectivity index (χ1n) is 7.01. The number of aromatic nitrogens is 3. The van der Waals surface area contributed by atoms with Crippen LogP contribution in [0.2, 0.25) is 0 Å². The molecule has 5 heteroatoms. The number of hydrogen-bond acceptors (Lipinski definition) is 3. The lowest BCUT2D eigenvalue weighted by atomic mass is 9.86. The molecule has 0 aliphatic heterocycles. The zero-order valence-corrected chi connectivity index (χ0v) is 12.5. The number of hydrogen-bond donors (Lipinski definition) is 1. The van der Waals surface area contributed by atoms with Crippen LogP contribution >= 0.6 is 12.2 Å². The van der Waals surface area contributed by atoms with Crippen molar-refractivity contribution in [3.8, 4) is 0 Å². The summed E-state index contributed by atoms with van der Waals surface area (Å²) in [5.74, 6) is 1.83. The summed E-state index contributed by atoms with van der Waals surface area (Å²) in [5, 5.41) is 7.33. The van der Waals surface area contributed by atoms with Gasteiger partial charge in [-0.1, -0.05) is 26.7 Å². The normalized spacial score (nSPS) is 24.2. The number of nitrogens with zero attached hydrogens (tertiary/aromatic N) is 3. The number of rotatable bonds is 4. The van der Waals surface area contributed by atoms with Crippen molar-refractivity contribution in [2.75, 3.05) is 11.9 Å². The van der Waals surface area contributed by atoms with Crippen molar-refractivity contribution >= 4 is 18.2 Å². The van der Waals surface area contributed by atoms with Crippen molar-refractivity contribution in [2.24, 2.45) is 5.92 Å². The number of anilines is 1. The van der Waals surface area contributed by atoms with Gasteiger partial charge in [0.15, 0.2) is 4.77 Å². The first kappa shape index (κ1) is 13.6. The summed E-state index contributed by atoms with van der Waals surface area (Å²) >= 11 is 5.30. The zero-order chi connectivity index (χ0) is 13.1. The molecule has 2 rings (SSSR count). The first-order valence-corrected chi connectivity index (χ1v) is 7.42. The molecule has 1 heterocycles. The van der Waals surface area contributed by atoms with Gasteiger partial charge >= 0.3 is 0 Å². The topological polar surface area (TPSA) is 36.9 Å². The SMILES string of the molecule is CCCn1c(N(C)C2CCCC(C)C2)n[nH]c1=S. The molecule has 18 heavy (non-hydrogen) atoms. The monoisotopic (exact) mass is 268 g/mol. The molecule has 1 aliphatic rings. The molecule has 4 nitrogen and oxygen atoms in total. The molecule has 0 aromatic carbocycles. The third-order valence-electron chi connectivity index (χ3n) is 3.96. The van der Waals surface area contributed by atoms with E-state index in [9.17, 15) is 0 Å². The molecule has 0 amide bonds. The Morgan fingerprint density at radius 3 is 2.94 bits per heavy atom. The molecule has 0 radical (unpaired) electrons. The summed E-state index contributed by atoms with van der Waals surface area (Å²) in [4.78, 5) is 2.32. The summed E-state index contributed by atoms with van der Waals surface area (Å²) in [6, 6.07) is 0.606. The van der Waals surface area contributed by atoms with E-state index in [4.69, 9.17) is 12.2 Å². The molecular weight excluding hydrogens is 244 g/mol. The van der Waals surface area contributed by atoms with E-state index in [1.165, 1.54) is 25.7 Å². The molecule has 2 atom stereocenters. The highest BCUT2D eigenvalue weighted by atomic mass is 32.1. The second-order valence-corrected chi connectivity index (χ2v) is 5.90. The first-order chi connectivity index (χ1) is 8.63. The van der Waals surface area contributed by atoms with Gasteiger partial charge in [0, 0.05) is 19.6 Å². The third-order valence-corrected chi connectivity index (χ3v) is 4.27. The molecule has 102 valence electrons. The van der Waals surface area contributed by atoms with Gasteiger partial charge < -0.3 is 4.90 Å². The maximum Gasteiger partial charge on any atom is 0.225 e. The van der Waals surface area contributed by atoms with Gasteiger partial charge in [0.2, 0.25) is 5.95 Å². The number of nitrogens with one attached hydrogen (secondary N) is 1. The van der Waals surface area contributed by atoms with Gasteiger partial charge in [-0.25, -0.2) is 5.10 Å². The van der Waals surface area contributed by atoms with Crippen molar-refractivity contribution in [1.82, 2.24) is 14.8 Å². The summed E-state index contributed by atoms with van der Waals surface area (Å²) in [6.45, 7) is 5.46. The van der Waals surface area contributed by atoms with E-state index < -0.39 is 0 Å². The van der Waals surface area contributed by atoms with E-state index in [1.54, 1.807) is 0 Å². The van der Waals surface area contributed by atoms with Gasteiger partial charge in [-0.3, -0.25) is 4.57 Å². The van der Waals surface area contributed by atoms with E-state index in [-0.39, 0.29) is 0 Å². The van der Waals surface area contributed by atoms with Crippen molar-refractivity contribution in [2.45, 2.75) is 58.5 Å². The fourth-order valence-electron chi connectivity index (χ4n) is 2.92. The Bertz CT molecular complexity index is 436. The number of aromatic amines is 1. The Balaban J connectivity index is 2.17. The van der Waals surface area contributed by atoms with Crippen LogP contribution in [0.15, 0.2) is 0 Å². The molecular formula is C13H24N4S. The molecule has 0 saturated heterocycles. The fourth-order valence-corrected chi connectivity index (χ4v) is 3.14. The Hall–Kier alpha value is -0.840. The van der Waals surface area contributed by atoms with Gasteiger partial charge in [-0.05, 0) is 37.4 Å². The fraction of sp³-hybridized carbons (Fsp3) is 0.846. The summed E-state index contributed by atoms with van der Waals surface area (Å²) in [7, 11) is 2.15. The van der Waals surface area contributed by atoms with E-state index >= 15 is 0 Å². The average molecular weight is 268 g/mol. The van der Waals surface area contributed by atoms with Crippen LogP contribution in [0.1, 0.15) is 46.0 Å². The average Bonchev–Trinajstić information content (AvgIpc) is 2.71. The van der Waals surface area contributed by atoms with E-state index in [0.29, 0.717) is 6.04 Å². The molecule has 1 aromatic rings. The quantitative estimate of drug-likeness (QED) is 0.851. The van der Waals surface area contributed by atoms with Crippen LogP contribution in [-0.2, 0) is 6.54 Å². The van der Waals surface area contributed by atoms with Gasteiger partial charge in [0.1, 0.15) is 0 Å². The van der Waals surface area contributed by atoms with Crippen LogP contribution in [0.4, 0.5) is 5.95 Å². The molecule has 1 aliphatic carbocycles. The Labute approximate surface area is 114 Å². The molecule has 1 saturated carbocycles. The lowest BCUT2D eigenvalue weighted by Crippen LogP contribution is -2.37. The highest BCUT2D eigenvalue weighted by Crippen LogP contribution is 2.28. The molecule has 2 unspecified atom stereocenters. The molecule has 0 bridgehead atoms. The Morgan fingerprint density at radius 2 is 2.28 bits per heavy atom. The van der Waals surface area contributed by atoms with Crippen LogP contribution in [0.5, 0.6) is 0 Å². The standard InChI is InChI=1S/C13H24N4S/c1-4-8-17-12(14-15-13(17)18)16(3)11-7-5-6-10(2)9-11/h10-11H,4-9H2,1-3H3,(H,15,18). The third kappa shape index (κ3) is 2.76. The lowest BCUT2D eigenvalue weighted by Gasteiger charge is -2.34. The second kappa shape index (κ2) is 5.87. The highest BCUT2D eigenvalue weighted by molar-refractivity contribution is 7.71. The zero-order valence-electron chi connectivity index (χ0n) is 11.6. The predicted molar refractivity (Wildman–Crippen MR) is 77.5 cm³/mol. The van der Waals surface area contributed by atoms with Crippen LogP contribution in [0.3, 0.4) is 0 Å². The van der Waals surface area contributed by atoms with E-state index in [2.05, 4.69) is 40.6 Å². The minimum absolute atomic E-state index is 0.606. The Morgan fingerprint density at radius 1 is 1.50 bits per heavy atom. The maximum absolute atomic E-state index is 5.30. The van der Waals surface area contributed by atoms with Crippen molar-refractivity contribution < 1.29 is 0 Å². The van der Waals surface area contributed by atoms with Crippen LogP contribution in [-0.4, -0.2) is 27.9 Å². The molecule has 0 spiro atoms. The van der Waals surface area contributed by atoms with Crippen LogP contribution in [0, 0.1) is 10.7 Å². The van der Waals surface area contributed by atoms with Crippen molar-refractivity contribution in [1.29, 1.82) is 0 Å². The Kier molecular flexibility index (Phi) is 4.43. The summed E-state index contributed by atoms with van der Waals surface area (Å²) in [6.07, 6.45) is 6.31. The summed E-state index contributed by atoms with van der Waals surface area (Å²) in [5.41, 5.74) is 0. The van der Waals surface area contributed by atoms with Gasteiger partial charge in [0.25, 0.3) is 0 Å². The molecule has 1 N–H and O–H groups in total.